The highest BCUT2D eigenvalue weighted by Gasteiger charge is 2.00. The molecule has 0 saturated heterocycles. The average Bonchev–Trinajstić information content (AvgIpc) is 2.41. The number of nitrogen functional groups attached to an aromatic ring is 2. The van der Waals surface area contributed by atoms with Crippen LogP contribution in [0.4, 0.5) is 17.6 Å². The standard InChI is InChI=1S/C11H22N6O2/c1-18-6-7-19-5-3-2-4-14-9-8-10(17-13)16-11(12)15-9/h8H,2-7,13H2,1H3,(H4,12,14,15,16,17). The van der Waals surface area contributed by atoms with Crippen LogP contribution in [0.25, 0.3) is 0 Å². The number of rotatable bonds is 10. The van der Waals surface area contributed by atoms with Crippen LogP contribution in [0.5, 0.6) is 0 Å². The largest absolute Gasteiger partial charge is 0.382 e. The Kier molecular flexibility index (Phi) is 7.56. The van der Waals surface area contributed by atoms with Crippen molar-refractivity contribution in [3.8, 4) is 0 Å². The van der Waals surface area contributed by atoms with Gasteiger partial charge in [-0.05, 0) is 12.8 Å². The first kappa shape index (κ1) is 15.4. The van der Waals surface area contributed by atoms with Crippen molar-refractivity contribution in [2.45, 2.75) is 12.8 Å². The summed E-state index contributed by atoms with van der Waals surface area (Å²) in [5.41, 5.74) is 7.98. The van der Waals surface area contributed by atoms with Crippen molar-refractivity contribution in [3.63, 3.8) is 0 Å². The zero-order chi connectivity index (χ0) is 13.9. The molecule has 0 aliphatic heterocycles. The van der Waals surface area contributed by atoms with Crippen LogP contribution in [0, 0.1) is 0 Å². The first-order chi connectivity index (χ1) is 9.26. The third kappa shape index (κ3) is 6.75. The Hall–Kier alpha value is -1.64. The number of methoxy groups -OCH3 is 1. The van der Waals surface area contributed by atoms with Gasteiger partial charge in [0.2, 0.25) is 5.95 Å². The lowest BCUT2D eigenvalue weighted by atomic mass is 10.3. The molecule has 0 fully saturated rings. The summed E-state index contributed by atoms with van der Waals surface area (Å²) in [6, 6.07) is 1.70. The molecular formula is C11H22N6O2. The van der Waals surface area contributed by atoms with Crippen LogP contribution in [0.2, 0.25) is 0 Å². The predicted molar refractivity (Wildman–Crippen MR) is 74.7 cm³/mol. The van der Waals surface area contributed by atoms with E-state index in [9.17, 15) is 0 Å². The molecule has 0 amide bonds. The van der Waals surface area contributed by atoms with E-state index in [-0.39, 0.29) is 5.95 Å². The van der Waals surface area contributed by atoms with Gasteiger partial charge in [-0.2, -0.15) is 9.97 Å². The summed E-state index contributed by atoms with van der Waals surface area (Å²) in [7, 11) is 1.66. The summed E-state index contributed by atoms with van der Waals surface area (Å²) in [5.74, 6) is 6.59. The first-order valence-corrected chi connectivity index (χ1v) is 6.18. The molecule has 0 saturated carbocycles. The average molecular weight is 270 g/mol. The second-order valence-corrected chi connectivity index (χ2v) is 3.88. The van der Waals surface area contributed by atoms with Crippen molar-refractivity contribution in [3.05, 3.63) is 6.07 Å². The number of hydrazine groups is 1. The molecule has 0 radical (unpaired) electrons. The van der Waals surface area contributed by atoms with E-state index in [1.165, 1.54) is 0 Å². The lowest BCUT2D eigenvalue weighted by molar-refractivity contribution is 0.0691. The summed E-state index contributed by atoms with van der Waals surface area (Å²) in [5, 5.41) is 3.16. The van der Waals surface area contributed by atoms with Crippen molar-refractivity contribution in [1.82, 2.24) is 9.97 Å². The maximum absolute atomic E-state index is 5.54. The molecule has 1 aromatic heterocycles. The fraction of sp³-hybridized carbons (Fsp3) is 0.636. The lowest BCUT2D eigenvalue weighted by Crippen LogP contribution is -2.12. The van der Waals surface area contributed by atoms with E-state index >= 15 is 0 Å². The maximum atomic E-state index is 5.54. The highest BCUT2D eigenvalue weighted by atomic mass is 16.5. The van der Waals surface area contributed by atoms with Gasteiger partial charge in [-0.15, -0.1) is 0 Å². The zero-order valence-corrected chi connectivity index (χ0v) is 11.2. The van der Waals surface area contributed by atoms with E-state index in [0.29, 0.717) is 24.8 Å². The fourth-order valence-electron chi connectivity index (χ4n) is 1.42. The molecule has 8 nitrogen and oxygen atoms in total. The number of ether oxygens (including phenoxy) is 2. The third-order valence-corrected chi connectivity index (χ3v) is 2.34. The van der Waals surface area contributed by atoms with E-state index in [1.807, 2.05) is 0 Å². The van der Waals surface area contributed by atoms with E-state index in [0.717, 1.165) is 26.0 Å². The van der Waals surface area contributed by atoms with Crippen molar-refractivity contribution in [1.29, 1.82) is 0 Å². The molecule has 108 valence electrons. The van der Waals surface area contributed by atoms with Crippen LogP contribution in [0.3, 0.4) is 0 Å². The van der Waals surface area contributed by atoms with Crippen LogP contribution in [-0.4, -0.2) is 43.4 Å². The van der Waals surface area contributed by atoms with Gasteiger partial charge < -0.3 is 25.9 Å². The van der Waals surface area contributed by atoms with E-state index < -0.39 is 0 Å². The number of anilines is 3. The second kappa shape index (κ2) is 9.31. The van der Waals surface area contributed by atoms with Crippen molar-refractivity contribution in [2.75, 3.05) is 50.0 Å². The van der Waals surface area contributed by atoms with Crippen molar-refractivity contribution < 1.29 is 9.47 Å². The quantitative estimate of drug-likeness (QED) is 0.270. The van der Waals surface area contributed by atoms with Crippen molar-refractivity contribution in [2.24, 2.45) is 5.84 Å². The van der Waals surface area contributed by atoms with Gasteiger partial charge in [-0.3, -0.25) is 0 Å². The Balaban J connectivity index is 2.13. The number of nitrogens with one attached hydrogen (secondary N) is 2. The molecule has 0 atom stereocenters. The van der Waals surface area contributed by atoms with Crippen molar-refractivity contribution >= 4 is 17.6 Å². The Morgan fingerprint density at radius 2 is 1.95 bits per heavy atom. The zero-order valence-electron chi connectivity index (χ0n) is 11.2. The number of aromatic nitrogens is 2. The van der Waals surface area contributed by atoms with Gasteiger partial charge in [0, 0.05) is 26.3 Å². The van der Waals surface area contributed by atoms with E-state index in [1.54, 1.807) is 13.2 Å². The molecule has 0 unspecified atom stereocenters. The minimum absolute atomic E-state index is 0.181. The number of nitrogens with two attached hydrogens (primary N) is 2. The van der Waals surface area contributed by atoms with Gasteiger partial charge in [0.05, 0.1) is 13.2 Å². The van der Waals surface area contributed by atoms with E-state index in [2.05, 4.69) is 20.7 Å². The highest BCUT2D eigenvalue weighted by Crippen LogP contribution is 2.11. The Morgan fingerprint density at radius 3 is 2.68 bits per heavy atom. The van der Waals surface area contributed by atoms with Gasteiger partial charge in [0.1, 0.15) is 11.6 Å². The Labute approximate surface area is 112 Å². The van der Waals surface area contributed by atoms with Gasteiger partial charge in [-0.1, -0.05) is 0 Å². The normalized spacial score (nSPS) is 10.4. The van der Waals surface area contributed by atoms with Gasteiger partial charge >= 0.3 is 0 Å². The minimum Gasteiger partial charge on any atom is -0.382 e. The highest BCUT2D eigenvalue weighted by molar-refractivity contribution is 5.50. The predicted octanol–water partition coefficient (Wildman–Crippen LogP) is 0.200. The molecule has 0 aliphatic carbocycles. The third-order valence-electron chi connectivity index (χ3n) is 2.34. The summed E-state index contributed by atoms with van der Waals surface area (Å²) in [4.78, 5) is 7.95. The van der Waals surface area contributed by atoms with Gasteiger partial charge in [0.15, 0.2) is 0 Å². The van der Waals surface area contributed by atoms with Crippen LogP contribution >= 0.6 is 0 Å². The van der Waals surface area contributed by atoms with Crippen LogP contribution in [-0.2, 0) is 9.47 Å². The molecule has 1 aromatic rings. The lowest BCUT2D eigenvalue weighted by Gasteiger charge is -2.08. The number of hydrogen-bond acceptors (Lipinski definition) is 8. The summed E-state index contributed by atoms with van der Waals surface area (Å²) in [6.07, 6.45) is 1.95. The molecular weight excluding hydrogens is 248 g/mol. The van der Waals surface area contributed by atoms with Gasteiger partial charge in [-0.25, -0.2) is 5.84 Å². The maximum Gasteiger partial charge on any atom is 0.223 e. The number of unbranched alkanes of at least 4 members (excludes halogenated alkanes) is 1. The summed E-state index contributed by atoms with van der Waals surface area (Å²) < 4.78 is 10.2. The SMILES string of the molecule is COCCOCCCCNc1cc(NN)nc(N)n1. The Bertz CT molecular complexity index is 363. The molecule has 0 bridgehead atoms. The topological polar surface area (TPSA) is 120 Å². The van der Waals surface area contributed by atoms with E-state index in [4.69, 9.17) is 21.1 Å². The first-order valence-electron chi connectivity index (χ1n) is 6.18. The summed E-state index contributed by atoms with van der Waals surface area (Å²) >= 11 is 0. The smallest absolute Gasteiger partial charge is 0.223 e. The molecule has 1 rings (SSSR count). The molecule has 1 heterocycles. The molecule has 0 aromatic carbocycles. The van der Waals surface area contributed by atoms with Crippen LogP contribution in [0.15, 0.2) is 6.07 Å². The molecule has 0 spiro atoms. The fourth-order valence-corrected chi connectivity index (χ4v) is 1.42. The molecule has 8 heteroatoms. The Morgan fingerprint density at radius 1 is 1.16 bits per heavy atom. The second-order valence-electron chi connectivity index (χ2n) is 3.88. The number of hydrogen-bond donors (Lipinski definition) is 4. The number of nitrogens with zero attached hydrogens (tertiary/aromatic N) is 2. The van der Waals surface area contributed by atoms with Crippen LogP contribution in [0.1, 0.15) is 12.8 Å². The molecule has 6 N–H and O–H groups in total. The van der Waals surface area contributed by atoms with Gasteiger partial charge in [0.25, 0.3) is 0 Å². The molecule has 0 aliphatic rings. The minimum atomic E-state index is 0.181. The summed E-state index contributed by atoms with van der Waals surface area (Å²) in [6.45, 7) is 2.78. The monoisotopic (exact) mass is 270 g/mol. The molecule has 19 heavy (non-hydrogen) atoms. The van der Waals surface area contributed by atoms with Crippen LogP contribution < -0.4 is 22.3 Å².